The van der Waals surface area contributed by atoms with E-state index in [-0.39, 0.29) is 0 Å². The lowest BCUT2D eigenvalue weighted by atomic mass is 10.2. The molecule has 0 bridgehead atoms. The van der Waals surface area contributed by atoms with Gasteiger partial charge in [0.1, 0.15) is 0 Å². The highest BCUT2D eigenvalue weighted by molar-refractivity contribution is 6.66. The Morgan fingerprint density at radius 3 is 2.57 bits per heavy atom. The maximum absolute atomic E-state index is 5.94. The molecular weight excluding hydrogens is 304 g/mol. The number of nitrogens with one attached hydrogen (secondary N) is 1. The third-order valence-corrected chi connectivity index (χ3v) is 6.54. The molecular formula is C15H23ClN2O2Si. The van der Waals surface area contributed by atoms with Crippen LogP contribution in [0.5, 0.6) is 0 Å². The minimum absolute atomic E-state index is 0.747. The number of nitrogens with zero attached hydrogens (tertiary/aromatic N) is 1. The Bertz CT molecular complexity index is 445. The Balaban J connectivity index is 1.71. The molecule has 1 aromatic rings. The van der Waals surface area contributed by atoms with Gasteiger partial charge in [0.2, 0.25) is 0 Å². The van der Waals surface area contributed by atoms with Gasteiger partial charge in [-0.05, 0) is 36.7 Å². The number of halogens is 1. The van der Waals surface area contributed by atoms with Crippen LogP contribution in [0, 0.1) is 0 Å². The first-order chi connectivity index (χ1) is 10.2. The van der Waals surface area contributed by atoms with Crippen LogP contribution in [0.3, 0.4) is 0 Å². The minimum Gasteiger partial charge on any atom is -0.393 e. The van der Waals surface area contributed by atoms with Crippen molar-refractivity contribution in [2.24, 2.45) is 4.99 Å². The summed E-state index contributed by atoms with van der Waals surface area (Å²) in [4.78, 5) is 4.46. The number of aliphatic imine (C=N–C) groups is 1. The van der Waals surface area contributed by atoms with E-state index in [9.17, 15) is 0 Å². The third kappa shape index (κ3) is 6.28. The van der Waals surface area contributed by atoms with Crippen LogP contribution in [0.2, 0.25) is 17.6 Å². The van der Waals surface area contributed by atoms with E-state index in [2.05, 4.69) is 16.9 Å². The van der Waals surface area contributed by atoms with E-state index in [4.69, 9.17) is 20.5 Å². The van der Waals surface area contributed by atoms with E-state index in [1.54, 1.807) is 0 Å². The zero-order valence-corrected chi connectivity index (χ0v) is 14.2. The van der Waals surface area contributed by atoms with Gasteiger partial charge in [-0.25, -0.2) is 0 Å². The van der Waals surface area contributed by atoms with Crippen LogP contribution in [0.15, 0.2) is 29.3 Å². The van der Waals surface area contributed by atoms with E-state index in [0.29, 0.717) is 0 Å². The lowest BCUT2D eigenvalue weighted by Crippen LogP contribution is -2.45. The zero-order chi connectivity index (χ0) is 15.0. The molecule has 116 valence electrons. The summed E-state index contributed by atoms with van der Waals surface area (Å²) in [7, 11) is -1.99. The summed E-state index contributed by atoms with van der Waals surface area (Å²) >= 11 is 5.85. The second-order valence-corrected chi connectivity index (χ2v) is 9.05. The van der Waals surface area contributed by atoms with Gasteiger partial charge in [-0.3, -0.25) is 4.99 Å². The van der Waals surface area contributed by atoms with Crippen LogP contribution in [-0.2, 0) is 8.85 Å². The van der Waals surface area contributed by atoms with Crippen LogP contribution in [0.1, 0.15) is 12.0 Å². The average molecular weight is 327 g/mol. The summed E-state index contributed by atoms with van der Waals surface area (Å²) in [6, 6.07) is 8.68. The van der Waals surface area contributed by atoms with Crippen molar-refractivity contribution in [3.63, 3.8) is 0 Å². The number of benzene rings is 1. The fraction of sp³-hybridized carbons (Fsp3) is 0.533. The van der Waals surface area contributed by atoms with Crippen LogP contribution in [0.4, 0.5) is 0 Å². The minimum atomic E-state index is -1.99. The average Bonchev–Trinajstić information content (AvgIpc) is 2.45. The van der Waals surface area contributed by atoms with E-state index < -0.39 is 8.56 Å². The molecule has 1 aliphatic heterocycles. The SMILES string of the molecule is C[Si]1(CCCN=Cc2ccc(Cl)cc2)OCCNCCO1. The van der Waals surface area contributed by atoms with Gasteiger partial charge >= 0.3 is 8.56 Å². The van der Waals surface area contributed by atoms with Gasteiger partial charge in [-0.2, -0.15) is 0 Å². The fourth-order valence-electron chi connectivity index (χ4n) is 2.20. The van der Waals surface area contributed by atoms with Gasteiger partial charge in [0, 0.05) is 44.1 Å². The van der Waals surface area contributed by atoms with Gasteiger partial charge in [-0.15, -0.1) is 0 Å². The maximum atomic E-state index is 5.94. The van der Waals surface area contributed by atoms with Gasteiger partial charge in [-0.1, -0.05) is 23.7 Å². The first kappa shape index (κ1) is 16.6. The molecule has 0 radical (unpaired) electrons. The van der Waals surface area contributed by atoms with Crippen molar-refractivity contribution in [1.82, 2.24) is 5.32 Å². The van der Waals surface area contributed by atoms with Crippen molar-refractivity contribution >= 4 is 26.4 Å². The summed E-state index contributed by atoms with van der Waals surface area (Å²) in [5, 5.41) is 4.01. The van der Waals surface area contributed by atoms with Crippen LogP contribution in [-0.4, -0.2) is 47.6 Å². The molecule has 1 N–H and O–H groups in total. The topological polar surface area (TPSA) is 42.8 Å². The molecule has 0 spiro atoms. The van der Waals surface area contributed by atoms with E-state index in [1.807, 2.05) is 30.5 Å². The summed E-state index contributed by atoms with van der Waals surface area (Å²) in [5.41, 5.74) is 1.08. The summed E-state index contributed by atoms with van der Waals surface area (Å²) in [6.45, 7) is 6.28. The molecule has 6 heteroatoms. The molecule has 1 fully saturated rings. The fourth-order valence-corrected chi connectivity index (χ4v) is 4.57. The monoisotopic (exact) mass is 326 g/mol. The van der Waals surface area contributed by atoms with Crippen LogP contribution >= 0.6 is 11.6 Å². The Morgan fingerprint density at radius 2 is 1.90 bits per heavy atom. The van der Waals surface area contributed by atoms with Gasteiger partial charge in [0.15, 0.2) is 0 Å². The predicted octanol–water partition coefficient (Wildman–Crippen LogP) is 2.86. The lowest BCUT2D eigenvalue weighted by molar-refractivity contribution is 0.155. The van der Waals surface area contributed by atoms with Gasteiger partial charge < -0.3 is 14.2 Å². The third-order valence-electron chi connectivity index (χ3n) is 3.40. The highest BCUT2D eigenvalue weighted by Gasteiger charge is 2.31. The zero-order valence-electron chi connectivity index (χ0n) is 12.5. The smallest absolute Gasteiger partial charge is 0.335 e. The van der Waals surface area contributed by atoms with Crippen molar-refractivity contribution in [1.29, 1.82) is 0 Å². The highest BCUT2D eigenvalue weighted by atomic mass is 35.5. The quantitative estimate of drug-likeness (QED) is 0.514. The summed E-state index contributed by atoms with van der Waals surface area (Å²) < 4.78 is 11.9. The number of hydrogen-bond acceptors (Lipinski definition) is 4. The second-order valence-electron chi connectivity index (χ2n) is 5.27. The normalized spacial score (nSPS) is 19.3. The van der Waals surface area contributed by atoms with Crippen molar-refractivity contribution < 1.29 is 8.85 Å². The first-order valence-corrected chi connectivity index (χ1v) is 10.3. The second kappa shape index (κ2) is 8.65. The molecule has 21 heavy (non-hydrogen) atoms. The molecule has 1 heterocycles. The molecule has 0 unspecified atom stereocenters. The molecule has 4 nitrogen and oxygen atoms in total. The predicted molar refractivity (Wildman–Crippen MR) is 89.7 cm³/mol. The molecule has 0 aliphatic carbocycles. The lowest BCUT2D eigenvalue weighted by Gasteiger charge is -2.29. The van der Waals surface area contributed by atoms with E-state index >= 15 is 0 Å². The molecule has 1 saturated heterocycles. The molecule has 2 rings (SSSR count). The first-order valence-electron chi connectivity index (χ1n) is 7.42. The Kier molecular flexibility index (Phi) is 6.86. The Labute approximate surface area is 132 Å². The Morgan fingerprint density at radius 1 is 1.24 bits per heavy atom. The molecule has 0 aromatic heterocycles. The van der Waals surface area contributed by atoms with E-state index in [1.165, 1.54) is 0 Å². The van der Waals surface area contributed by atoms with Crippen molar-refractivity contribution in [2.45, 2.75) is 19.0 Å². The summed E-state index contributed by atoms with van der Waals surface area (Å²) in [5.74, 6) is 0. The van der Waals surface area contributed by atoms with Crippen LogP contribution < -0.4 is 5.32 Å². The van der Waals surface area contributed by atoms with E-state index in [0.717, 1.165) is 55.9 Å². The standard InChI is InChI=1S/C15H23ClN2O2Si/c1-21(19-10-8-17-9-11-20-21)12-2-7-18-13-14-3-5-15(16)6-4-14/h3-6,13,17H,2,7-12H2,1H3. The largest absolute Gasteiger partial charge is 0.393 e. The van der Waals surface area contributed by atoms with Crippen molar-refractivity contribution in [2.75, 3.05) is 32.8 Å². The maximum Gasteiger partial charge on any atom is 0.335 e. The van der Waals surface area contributed by atoms with Gasteiger partial charge in [0.25, 0.3) is 0 Å². The van der Waals surface area contributed by atoms with Gasteiger partial charge in [0.05, 0.1) is 0 Å². The van der Waals surface area contributed by atoms with Crippen molar-refractivity contribution in [3.05, 3.63) is 34.9 Å². The number of hydrogen-bond donors (Lipinski definition) is 1. The molecule has 0 atom stereocenters. The number of rotatable bonds is 5. The molecule has 1 aliphatic rings. The van der Waals surface area contributed by atoms with Crippen LogP contribution in [0.25, 0.3) is 0 Å². The van der Waals surface area contributed by atoms with Crippen molar-refractivity contribution in [3.8, 4) is 0 Å². The Hall–Kier alpha value is -0.723. The molecule has 1 aromatic carbocycles. The highest BCUT2D eigenvalue weighted by Crippen LogP contribution is 2.16. The summed E-state index contributed by atoms with van der Waals surface area (Å²) in [6.07, 6.45) is 2.89. The molecule has 0 amide bonds. The molecule has 0 saturated carbocycles.